The van der Waals surface area contributed by atoms with Crippen LogP contribution in [0.3, 0.4) is 0 Å². The summed E-state index contributed by atoms with van der Waals surface area (Å²) in [6.45, 7) is 2.64. The molecule has 1 N–H and O–H groups in total. The molecule has 4 rings (SSSR count). The number of para-hydroxylation sites is 1. The molecular formula is C20H22N2O3. The molecule has 5 nitrogen and oxygen atoms in total. The third kappa shape index (κ3) is 3.06. The predicted octanol–water partition coefficient (Wildman–Crippen LogP) is 3.49. The van der Waals surface area contributed by atoms with Crippen LogP contribution >= 0.6 is 0 Å². The summed E-state index contributed by atoms with van der Waals surface area (Å²) in [5.41, 5.74) is 1.71. The average Bonchev–Trinajstić information content (AvgIpc) is 3.01. The van der Waals surface area contributed by atoms with Gasteiger partial charge in [-0.2, -0.15) is 0 Å². The van der Waals surface area contributed by atoms with Gasteiger partial charge in [-0.3, -0.25) is 9.59 Å². The van der Waals surface area contributed by atoms with Gasteiger partial charge in [-0.25, -0.2) is 0 Å². The van der Waals surface area contributed by atoms with Gasteiger partial charge in [0.05, 0.1) is 12.5 Å². The molecule has 0 bridgehead atoms. The van der Waals surface area contributed by atoms with E-state index in [4.69, 9.17) is 4.42 Å². The molecule has 1 aliphatic carbocycles. The van der Waals surface area contributed by atoms with Crippen molar-refractivity contribution in [3.63, 3.8) is 0 Å². The van der Waals surface area contributed by atoms with Gasteiger partial charge in [0.25, 0.3) is 0 Å². The Labute approximate surface area is 147 Å². The molecule has 1 saturated carbocycles. The average molecular weight is 338 g/mol. The van der Waals surface area contributed by atoms with Crippen molar-refractivity contribution >= 4 is 17.5 Å². The molecule has 1 aromatic heterocycles. The third-order valence-corrected chi connectivity index (χ3v) is 5.27. The molecule has 2 aromatic rings. The van der Waals surface area contributed by atoms with E-state index in [1.807, 2.05) is 36.4 Å². The highest BCUT2D eigenvalue weighted by atomic mass is 16.3. The Morgan fingerprint density at radius 1 is 1.28 bits per heavy atom. The number of furan rings is 1. The van der Waals surface area contributed by atoms with Crippen LogP contribution in [0.25, 0.3) is 0 Å². The van der Waals surface area contributed by atoms with E-state index in [0.29, 0.717) is 18.4 Å². The summed E-state index contributed by atoms with van der Waals surface area (Å²) in [6, 6.07) is 11.5. The first-order valence-corrected chi connectivity index (χ1v) is 8.75. The minimum Gasteiger partial charge on any atom is -0.464 e. The van der Waals surface area contributed by atoms with E-state index < -0.39 is 5.92 Å². The molecular weight excluding hydrogens is 316 g/mol. The van der Waals surface area contributed by atoms with Crippen LogP contribution in [-0.2, 0) is 16.1 Å². The van der Waals surface area contributed by atoms with E-state index in [0.717, 1.165) is 22.8 Å². The monoisotopic (exact) mass is 338 g/mol. The fourth-order valence-corrected chi connectivity index (χ4v) is 3.53. The first kappa shape index (κ1) is 15.9. The van der Waals surface area contributed by atoms with Gasteiger partial charge in [-0.15, -0.1) is 0 Å². The quantitative estimate of drug-likeness (QED) is 0.908. The highest BCUT2D eigenvalue weighted by Gasteiger charge is 2.37. The molecule has 0 radical (unpaired) electrons. The zero-order valence-corrected chi connectivity index (χ0v) is 14.5. The van der Waals surface area contributed by atoms with Crippen LogP contribution in [-0.4, -0.2) is 23.8 Å². The van der Waals surface area contributed by atoms with E-state index in [1.165, 1.54) is 6.42 Å². The number of amides is 2. The second kappa shape index (κ2) is 6.06. The van der Waals surface area contributed by atoms with Crippen molar-refractivity contribution in [3.8, 4) is 0 Å². The summed E-state index contributed by atoms with van der Waals surface area (Å²) < 4.78 is 5.87. The molecule has 0 unspecified atom stereocenters. The number of carbonyl (C=O) groups excluding carboxylic acids is 2. The second-order valence-electron chi connectivity index (χ2n) is 7.21. The van der Waals surface area contributed by atoms with Crippen molar-refractivity contribution in [2.24, 2.45) is 5.92 Å². The first-order valence-electron chi connectivity index (χ1n) is 8.75. The number of benzene rings is 1. The van der Waals surface area contributed by atoms with Gasteiger partial charge in [0.1, 0.15) is 11.5 Å². The molecule has 5 heteroatoms. The number of hydrogen-bond acceptors (Lipinski definition) is 3. The Balaban J connectivity index is 1.39. The van der Waals surface area contributed by atoms with Crippen molar-refractivity contribution in [2.45, 2.75) is 38.1 Å². The molecule has 3 atom stereocenters. The van der Waals surface area contributed by atoms with E-state index >= 15 is 0 Å². The molecule has 0 spiro atoms. The van der Waals surface area contributed by atoms with Gasteiger partial charge in [-0.1, -0.05) is 25.1 Å². The lowest BCUT2D eigenvalue weighted by Gasteiger charge is -2.17. The maximum Gasteiger partial charge on any atom is 0.232 e. The van der Waals surface area contributed by atoms with Gasteiger partial charge >= 0.3 is 0 Å². The van der Waals surface area contributed by atoms with E-state index in [2.05, 4.69) is 12.2 Å². The van der Waals surface area contributed by atoms with Crippen LogP contribution in [0.15, 0.2) is 40.8 Å². The Morgan fingerprint density at radius 3 is 2.80 bits per heavy atom. The molecule has 1 aromatic carbocycles. The smallest absolute Gasteiger partial charge is 0.232 e. The maximum atomic E-state index is 12.6. The van der Waals surface area contributed by atoms with Crippen molar-refractivity contribution in [2.75, 3.05) is 12.4 Å². The number of nitrogens with one attached hydrogen (secondary N) is 1. The van der Waals surface area contributed by atoms with Gasteiger partial charge in [0.2, 0.25) is 11.8 Å². The summed E-state index contributed by atoms with van der Waals surface area (Å²) in [6.07, 6.45) is 1.35. The number of nitrogens with zero attached hydrogens (tertiary/aromatic N) is 1. The zero-order valence-electron chi connectivity index (χ0n) is 14.5. The lowest BCUT2D eigenvalue weighted by Crippen LogP contribution is -2.29. The molecule has 2 heterocycles. The molecule has 2 amide bonds. The molecule has 1 fully saturated rings. The number of hydrogen-bond donors (Lipinski definition) is 1. The number of fused-ring (bicyclic) bond motifs is 1. The van der Waals surface area contributed by atoms with Crippen molar-refractivity contribution in [1.29, 1.82) is 0 Å². The lowest BCUT2D eigenvalue weighted by atomic mass is 9.97. The Morgan fingerprint density at radius 2 is 2.04 bits per heavy atom. The zero-order chi connectivity index (χ0) is 17.6. The minimum atomic E-state index is -0.411. The maximum absolute atomic E-state index is 12.6. The molecule has 2 aliphatic rings. The van der Waals surface area contributed by atoms with Gasteiger partial charge in [-0.05, 0) is 36.1 Å². The SMILES string of the molecule is C[C@@H]1C[C@H]1c1ccc(CN(C)C(=O)C[C@@H]2C(=O)Nc3ccccc32)o1. The van der Waals surface area contributed by atoms with E-state index in [-0.39, 0.29) is 18.2 Å². The largest absolute Gasteiger partial charge is 0.464 e. The lowest BCUT2D eigenvalue weighted by molar-refractivity contribution is -0.132. The predicted molar refractivity (Wildman–Crippen MR) is 94.1 cm³/mol. The van der Waals surface area contributed by atoms with Crippen molar-refractivity contribution < 1.29 is 14.0 Å². The first-order chi connectivity index (χ1) is 12.0. The highest BCUT2D eigenvalue weighted by molar-refractivity contribution is 6.04. The van der Waals surface area contributed by atoms with Crippen LogP contribution in [0.2, 0.25) is 0 Å². The van der Waals surface area contributed by atoms with E-state index in [9.17, 15) is 9.59 Å². The summed E-state index contributed by atoms with van der Waals surface area (Å²) in [7, 11) is 1.75. The second-order valence-corrected chi connectivity index (χ2v) is 7.21. The van der Waals surface area contributed by atoms with Crippen molar-refractivity contribution in [3.05, 3.63) is 53.5 Å². The van der Waals surface area contributed by atoms with Crippen LogP contribution in [0.4, 0.5) is 5.69 Å². The number of carbonyl (C=O) groups is 2. The summed E-state index contributed by atoms with van der Waals surface area (Å²) in [5, 5.41) is 2.84. The normalized spacial score (nSPS) is 23.9. The van der Waals surface area contributed by atoms with Gasteiger partial charge in [0, 0.05) is 25.1 Å². The van der Waals surface area contributed by atoms with E-state index in [1.54, 1.807) is 11.9 Å². The number of anilines is 1. The third-order valence-electron chi connectivity index (χ3n) is 5.27. The van der Waals surface area contributed by atoms with Gasteiger partial charge < -0.3 is 14.6 Å². The summed E-state index contributed by atoms with van der Waals surface area (Å²) >= 11 is 0. The Bertz CT molecular complexity index is 826. The van der Waals surface area contributed by atoms with Crippen LogP contribution in [0, 0.1) is 5.92 Å². The van der Waals surface area contributed by atoms with Crippen molar-refractivity contribution in [1.82, 2.24) is 4.90 Å². The van der Waals surface area contributed by atoms with Crippen LogP contribution in [0.5, 0.6) is 0 Å². The fraction of sp³-hybridized carbons (Fsp3) is 0.400. The molecule has 25 heavy (non-hydrogen) atoms. The molecule has 1 aliphatic heterocycles. The molecule has 0 saturated heterocycles. The standard InChI is InChI=1S/C20H22N2O3/c1-12-9-15(12)18-8-7-13(25-18)11-22(2)19(23)10-16-14-5-3-4-6-17(14)21-20(16)24/h3-8,12,15-16H,9-11H2,1-2H3,(H,21,24)/t12-,15-,16+/m1/s1. The summed E-state index contributed by atoms with van der Waals surface area (Å²) in [5.74, 6) is 2.47. The summed E-state index contributed by atoms with van der Waals surface area (Å²) in [4.78, 5) is 26.4. The Kier molecular flexibility index (Phi) is 3.86. The molecule has 130 valence electrons. The number of rotatable bonds is 5. The Hall–Kier alpha value is -2.56. The topological polar surface area (TPSA) is 62.6 Å². The van der Waals surface area contributed by atoms with Crippen LogP contribution < -0.4 is 5.32 Å². The highest BCUT2D eigenvalue weighted by Crippen LogP contribution is 2.47. The van der Waals surface area contributed by atoms with Gasteiger partial charge in [0.15, 0.2) is 0 Å². The minimum absolute atomic E-state index is 0.0606. The fourth-order valence-electron chi connectivity index (χ4n) is 3.53. The van der Waals surface area contributed by atoms with Crippen LogP contribution in [0.1, 0.15) is 48.7 Å².